The van der Waals surface area contributed by atoms with Gasteiger partial charge in [0.05, 0.1) is 22.1 Å². The molecular formula is C9H7ClFIO2. The molecule has 14 heavy (non-hydrogen) atoms. The molecule has 0 fully saturated rings. The molecule has 0 bridgehead atoms. The second-order valence-corrected chi connectivity index (χ2v) is 3.92. The van der Waals surface area contributed by atoms with Crippen LogP contribution in [0.2, 0.25) is 0 Å². The van der Waals surface area contributed by atoms with Crippen LogP contribution >= 0.6 is 34.2 Å². The molecular weight excluding hydrogens is 321 g/mol. The number of carbonyl (C=O) groups excluding carboxylic acids is 1. The summed E-state index contributed by atoms with van der Waals surface area (Å²) in [5, 5.41) is 0. The highest BCUT2D eigenvalue weighted by Gasteiger charge is 2.18. The minimum Gasteiger partial charge on any atom is -0.495 e. The fourth-order valence-corrected chi connectivity index (χ4v) is 1.86. The van der Waals surface area contributed by atoms with E-state index in [1.807, 2.05) is 22.6 Å². The summed E-state index contributed by atoms with van der Waals surface area (Å²) >= 11 is 7.33. The van der Waals surface area contributed by atoms with Crippen molar-refractivity contribution in [2.24, 2.45) is 0 Å². The quantitative estimate of drug-likeness (QED) is 0.484. The zero-order valence-electron chi connectivity index (χ0n) is 7.31. The Morgan fingerprint density at radius 2 is 2.29 bits per heavy atom. The number of hydrogen-bond acceptors (Lipinski definition) is 2. The molecule has 0 unspecified atom stereocenters. The van der Waals surface area contributed by atoms with Crippen LogP contribution in [0.25, 0.3) is 0 Å². The molecule has 0 heterocycles. The molecule has 0 radical (unpaired) electrons. The molecule has 0 saturated carbocycles. The average molecular weight is 329 g/mol. The van der Waals surface area contributed by atoms with E-state index in [4.69, 9.17) is 16.3 Å². The molecule has 5 heteroatoms. The minimum atomic E-state index is -0.604. The van der Waals surface area contributed by atoms with Crippen LogP contribution in [-0.4, -0.2) is 18.8 Å². The van der Waals surface area contributed by atoms with Crippen LogP contribution in [0, 0.1) is 9.39 Å². The normalized spacial score (nSPS) is 10.0. The molecule has 1 aromatic carbocycles. The number of Topliss-reactive ketones (excluding diaryl/α,β-unsaturated/α-hetero) is 1. The summed E-state index contributed by atoms with van der Waals surface area (Å²) in [7, 11) is 1.39. The van der Waals surface area contributed by atoms with Crippen LogP contribution in [-0.2, 0) is 0 Å². The molecule has 0 amide bonds. The number of ether oxygens (including phenoxy) is 1. The predicted octanol–water partition coefficient (Wildman–Crippen LogP) is 2.86. The summed E-state index contributed by atoms with van der Waals surface area (Å²) in [5.74, 6) is -1.09. The second kappa shape index (κ2) is 4.93. The molecule has 0 aromatic heterocycles. The van der Waals surface area contributed by atoms with Crippen molar-refractivity contribution in [1.29, 1.82) is 0 Å². The molecule has 0 aliphatic rings. The zero-order chi connectivity index (χ0) is 10.7. The Kier molecular flexibility index (Phi) is 4.12. The number of hydrogen-bond donors (Lipinski definition) is 0. The van der Waals surface area contributed by atoms with Crippen LogP contribution in [0.15, 0.2) is 12.1 Å². The maximum atomic E-state index is 13.3. The lowest BCUT2D eigenvalue weighted by molar-refractivity contribution is 0.101. The summed E-state index contributed by atoms with van der Waals surface area (Å²) < 4.78 is 18.9. The first-order valence-corrected chi connectivity index (χ1v) is 5.34. The van der Waals surface area contributed by atoms with Gasteiger partial charge in [-0.3, -0.25) is 4.79 Å². The van der Waals surface area contributed by atoms with Crippen molar-refractivity contribution in [2.45, 2.75) is 0 Å². The van der Waals surface area contributed by atoms with Crippen LogP contribution < -0.4 is 4.74 Å². The number of carbonyl (C=O) groups is 1. The van der Waals surface area contributed by atoms with E-state index in [1.54, 1.807) is 6.07 Å². The van der Waals surface area contributed by atoms with Gasteiger partial charge in [0.25, 0.3) is 0 Å². The molecule has 0 aliphatic heterocycles. The van der Waals surface area contributed by atoms with E-state index < -0.39 is 11.6 Å². The van der Waals surface area contributed by atoms with E-state index in [0.717, 1.165) is 0 Å². The van der Waals surface area contributed by atoms with Gasteiger partial charge in [-0.15, -0.1) is 11.6 Å². The van der Waals surface area contributed by atoms with Gasteiger partial charge in [-0.1, -0.05) is 0 Å². The number of alkyl halides is 1. The number of ketones is 1. The van der Waals surface area contributed by atoms with Gasteiger partial charge >= 0.3 is 0 Å². The van der Waals surface area contributed by atoms with Crippen LogP contribution in [0.1, 0.15) is 10.4 Å². The maximum Gasteiger partial charge on any atom is 0.184 e. The van der Waals surface area contributed by atoms with Crippen molar-refractivity contribution in [3.8, 4) is 5.75 Å². The lowest BCUT2D eigenvalue weighted by Crippen LogP contribution is -2.07. The molecule has 76 valence electrons. The Balaban J connectivity index is 3.37. The second-order valence-electron chi connectivity index (χ2n) is 2.49. The molecule has 0 saturated heterocycles. The van der Waals surface area contributed by atoms with Gasteiger partial charge in [0.15, 0.2) is 5.78 Å². The third-order valence-corrected chi connectivity index (χ3v) is 2.76. The van der Waals surface area contributed by atoms with Gasteiger partial charge in [-0.05, 0) is 34.7 Å². The third-order valence-electron chi connectivity index (χ3n) is 1.66. The van der Waals surface area contributed by atoms with Crippen LogP contribution in [0.4, 0.5) is 4.39 Å². The number of benzene rings is 1. The molecule has 1 rings (SSSR count). The van der Waals surface area contributed by atoms with E-state index in [-0.39, 0.29) is 17.2 Å². The molecule has 1 aromatic rings. The van der Waals surface area contributed by atoms with Crippen molar-refractivity contribution in [1.82, 2.24) is 0 Å². The first-order valence-electron chi connectivity index (χ1n) is 3.73. The summed E-state index contributed by atoms with van der Waals surface area (Å²) in [6.45, 7) is 0. The van der Waals surface area contributed by atoms with E-state index >= 15 is 0 Å². The van der Waals surface area contributed by atoms with Gasteiger partial charge in [0.2, 0.25) is 0 Å². The predicted molar refractivity (Wildman–Crippen MR) is 60.7 cm³/mol. The van der Waals surface area contributed by atoms with E-state index in [9.17, 15) is 9.18 Å². The summed E-state index contributed by atoms with van der Waals surface area (Å²) in [4.78, 5) is 11.3. The highest BCUT2D eigenvalue weighted by atomic mass is 127. The molecule has 0 N–H and O–H groups in total. The van der Waals surface area contributed by atoms with Gasteiger partial charge in [0, 0.05) is 0 Å². The monoisotopic (exact) mass is 328 g/mol. The fraction of sp³-hybridized carbons (Fsp3) is 0.222. The Morgan fingerprint density at radius 3 is 2.79 bits per heavy atom. The van der Waals surface area contributed by atoms with Crippen LogP contribution in [0.3, 0.4) is 0 Å². The third kappa shape index (κ3) is 2.17. The first kappa shape index (κ1) is 11.7. The van der Waals surface area contributed by atoms with Crippen molar-refractivity contribution in [3.63, 3.8) is 0 Å². The van der Waals surface area contributed by atoms with Crippen LogP contribution in [0.5, 0.6) is 5.75 Å². The van der Waals surface area contributed by atoms with Gasteiger partial charge in [0.1, 0.15) is 11.6 Å². The first-order chi connectivity index (χ1) is 6.61. The largest absolute Gasteiger partial charge is 0.495 e. The van der Waals surface area contributed by atoms with Gasteiger partial charge in [-0.2, -0.15) is 0 Å². The topological polar surface area (TPSA) is 26.3 Å². The van der Waals surface area contributed by atoms with E-state index in [0.29, 0.717) is 3.57 Å². The Labute approximate surface area is 99.5 Å². The lowest BCUT2D eigenvalue weighted by Gasteiger charge is -2.09. The lowest BCUT2D eigenvalue weighted by atomic mass is 10.1. The SMILES string of the molecule is COc1c(I)ccc(F)c1C(=O)CCl. The van der Waals surface area contributed by atoms with Gasteiger partial charge < -0.3 is 4.74 Å². The molecule has 0 spiro atoms. The standard InChI is InChI=1S/C9H7ClFIO2/c1-14-9-6(12)3-2-5(11)8(9)7(13)4-10/h2-3H,4H2,1H3. The molecule has 2 nitrogen and oxygen atoms in total. The molecule has 0 aliphatic carbocycles. The maximum absolute atomic E-state index is 13.3. The van der Waals surface area contributed by atoms with Crippen molar-refractivity contribution < 1.29 is 13.9 Å². The number of rotatable bonds is 3. The van der Waals surface area contributed by atoms with E-state index in [1.165, 1.54) is 13.2 Å². The summed E-state index contributed by atoms with van der Waals surface area (Å²) in [6, 6.07) is 2.77. The number of halogens is 3. The Hall–Kier alpha value is -0.360. The summed E-state index contributed by atoms with van der Waals surface area (Å²) in [6.07, 6.45) is 0. The Morgan fingerprint density at radius 1 is 1.64 bits per heavy atom. The molecule has 0 atom stereocenters. The highest BCUT2D eigenvalue weighted by Crippen LogP contribution is 2.28. The Bertz CT molecular complexity index is 368. The zero-order valence-corrected chi connectivity index (χ0v) is 10.2. The highest BCUT2D eigenvalue weighted by molar-refractivity contribution is 14.1. The number of methoxy groups -OCH3 is 1. The fourth-order valence-electron chi connectivity index (χ4n) is 1.06. The van der Waals surface area contributed by atoms with Gasteiger partial charge in [-0.25, -0.2) is 4.39 Å². The van der Waals surface area contributed by atoms with Crippen molar-refractivity contribution in [2.75, 3.05) is 13.0 Å². The van der Waals surface area contributed by atoms with E-state index in [2.05, 4.69) is 0 Å². The minimum absolute atomic E-state index is 0.0746. The van der Waals surface area contributed by atoms with Crippen molar-refractivity contribution in [3.05, 3.63) is 27.1 Å². The smallest absolute Gasteiger partial charge is 0.184 e. The van der Waals surface area contributed by atoms with Crippen molar-refractivity contribution >= 4 is 40.0 Å². The average Bonchev–Trinajstić information content (AvgIpc) is 2.19. The summed E-state index contributed by atoms with van der Waals surface area (Å²) in [5.41, 5.74) is -0.0746.